The molecule has 0 aromatic carbocycles. The minimum Gasteiger partial charge on any atom is -0.375 e. The number of aliphatic hydroxyl groups is 1. The summed E-state index contributed by atoms with van der Waals surface area (Å²) >= 11 is 1.56. The van der Waals surface area contributed by atoms with Gasteiger partial charge in [-0.05, 0) is 61.5 Å². The number of hydrogen-bond donors (Lipinski definition) is 2. The molecule has 5 rings (SSSR count). The van der Waals surface area contributed by atoms with E-state index in [0.29, 0.717) is 5.92 Å². The van der Waals surface area contributed by atoms with E-state index in [2.05, 4.69) is 10.2 Å². The van der Waals surface area contributed by atoms with Crippen LogP contribution in [-0.4, -0.2) is 41.6 Å². The fraction of sp³-hybridized carbons (Fsp3) is 0.737. The zero-order valence-corrected chi connectivity index (χ0v) is 15.1. The molecule has 2 atom stereocenters. The molecule has 1 amide bonds. The Morgan fingerprint density at radius 1 is 1.21 bits per heavy atom. The summed E-state index contributed by atoms with van der Waals surface area (Å²) < 4.78 is 0. The van der Waals surface area contributed by atoms with Gasteiger partial charge >= 0.3 is 0 Å². The topological polar surface area (TPSA) is 52.6 Å². The van der Waals surface area contributed by atoms with E-state index in [9.17, 15) is 9.90 Å². The van der Waals surface area contributed by atoms with E-state index in [1.165, 1.54) is 19.3 Å². The fourth-order valence-corrected chi connectivity index (χ4v) is 5.67. The van der Waals surface area contributed by atoms with Gasteiger partial charge in [0.2, 0.25) is 0 Å². The Bertz CT molecular complexity index is 562. The zero-order chi connectivity index (χ0) is 16.6. The second-order valence-electron chi connectivity index (χ2n) is 7.83. The van der Waals surface area contributed by atoms with Crippen molar-refractivity contribution in [1.82, 2.24) is 10.2 Å². The average Bonchev–Trinajstić information content (AvgIpc) is 3.18. The van der Waals surface area contributed by atoms with Crippen molar-refractivity contribution in [1.29, 1.82) is 0 Å². The molecule has 0 radical (unpaired) electrons. The predicted octanol–water partition coefficient (Wildman–Crippen LogP) is 2.73. The molecule has 5 heteroatoms. The van der Waals surface area contributed by atoms with Gasteiger partial charge in [0.15, 0.2) is 5.60 Å². The van der Waals surface area contributed by atoms with Gasteiger partial charge in [0.1, 0.15) is 0 Å². The van der Waals surface area contributed by atoms with Crippen LogP contribution in [0.2, 0.25) is 0 Å². The number of fused-ring (bicyclic) bond motifs is 3. The summed E-state index contributed by atoms with van der Waals surface area (Å²) in [6.45, 7) is 3.27. The summed E-state index contributed by atoms with van der Waals surface area (Å²) in [6, 6.07) is 2.13. The van der Waals surface area contributed by atoms with Crippen LogP contribution in [0.25, 0.3) is 0 Å². The Morgan fingerprint density at radius 3 is 2.54 bits per heavy atom. The lowest BCUT2D eigenvalue weighted by Crippen LogP contribution is -2.61. The van der Waals surface area contributed by atoms with Crippen molar-refractivity contribution in [2.45, 2.75) is 56.6 Å². The molecule has 0 spiro atoms. The normalized spacial score (nSPS) is 33.1. The zero-order valence-electron chi connectivity index (χ0n) is 14.2. The number of thiophene rings is 1. The van der Waals surface area contributed by atoms with Crippen LogP contribution < -0.4 is 5.32 Å². The summed E-state index contributed by atoms with van der Waals surface area (Å²) in [5.41, 5.74) is -0.565. The van der Waals surface area contributed by atoms with E-state index in [-0.39, 0.29) is 17.9 Å². The quantitative estimate of drug-likeness (QED) is 0.880. The highest BCUT2D eigenvalue weighted by atomic mass is 32.1. The first-order chi connectivity index (χ1) is 11.7. The molecule has 4 fully saturated rings. The van der Waals surface area contributed by atoms with Gasteiger partial charge in [-0.15, -0.1) is 0 Å². The fourth-order valence-electron chi connectivity index (χ4n) is 4.96. The minimum absolute atomic E-state index is 0.0435. The lowest BCUT2D eigenvalue weighted by atomic mass is 9.73. The molecular weight excluding hydrogens is 320 g/mol. The van der Waals surface area contributed by atoms with Gasteiger partial charge in [0.05, 0.1) is 0 Å². The molecule has 3 aliphatic heterocycles. The summed E-state index contributed by atoms with van der Waals surface area (Å²) in [4.78, 5) is 15.7. The van der Waals surface area contributed by atoms with Crippen molar-refractivity contribution in [3.8, 4) is 0 Å². The largest absolute Gasteiger partial charge is 0.375 e. The highest BCUT2D eigenvalue weighted by molar-refractivity contribution is 7.08. The highest BCUT2D eigenvalue weighted by Gasteiger charge is 2.47. The van der Waals surface area contributed by atoms with Crippen molar-refractivity contribution in [3.63, 3.8) is 0 Å². The molecule has 1 aliphatic carbocycles. The second kappa shape index (κ2) is 6.77. The van der Waals surface area contributed by atoms with E-state index in [1.807, 2.05) is 16.8 Å². The highest BCUT2D eigenvalue weighted by Crippen LogP contribution is 2.41. The molecule has 4 nitrogen and oxygen atoms in total. The molecule has 132 valence electrons. The molecule has 2 bridgehead atoms. The van der Waals surface area contributed by atoms with Gasteiger partial charge in [-0.1, -0.05) is 19.3 Å². The van der Waals surface area contributed by atoms with Crippen molar-refractivity contribution >= 4 is 17.2 Å². The van der Waals surface area contributed by atoms with Gasteiger partial charge in [-0.25, -0.2) is 0 Å². The van der Waals surface area contributed by atoms with Crippen LogP contribution in [0.1, 0.15) is 50.5 Å². The molecule has 4 aliphatic rings. The van der Waals surface area contributed by atoms with Gasteiger partial charge < -0.3 is 15.3 Å². The van der Waals surface area contributed by atoms with Gasteiger partial charge in [0.25, 0.3) is 5.91 Å². The molecule has 1 aromatic rings. The molecule has 3 saturated heterocycles. The first kappa shape index (κ1) is 16.6. The molecular formula is C19H28N2O2S. The van der Waals surface area contributed by atoms with Crippen LogP contribution in [0, 0.1) is 11.8 Å². The number of piperidine rings is 3. The molecule has 24 heavy (non-hydrogen) atoms. The van der Waals surface area contributed by atoms with E-state index in [4.69, 9.17) is 0 Å². The van der Waals surface area contributed by atoms with Crippen LogP contribution in [-0.2, 0) is 10.4 Å². The van der Waals surface area contributed by atoms with Crippen molar-refractivity contribution in [2.75, 3.05) is 19.6 Å². The van der Waals surface area contributed by atoms with Crippen molar-refractivity contribution < 1.29 is 9.90 Å². The summed E-state index contributed by atoms with van der Waals surface area (Å²) in [7, 11) is 0. The smallest absolute Gasteiger partial charge is 0.257 e. The Kier molecular flexibility index (Phi) is 4.67. The lowest BCUT2D eigenvalue weighted by molar-refractivity contribution is -0.151. The number of rotatable bonds is 4. The Labute approximate surface area is 148 Å². The third kappa shape index (κ3) is 2.91. The Balaban J connectivity index is 1.55. The van der Waals surface area contributed by atoms with Gasteiger partial charge in [-0.3, -0.25) is 4.79 Å². The maximum Gasteiger partial charge on any atom is 0.257 e. The Hall–Kier alpha value is -0.910. The first-order valence-corrected chi connectivity index (χ1v) is 10.4. The predicted molar refractivity (Wildman–Crippen MR) is 95.9 cm³/mol. The van der Waals surface area contributed by atoms with Crippen LogP contribution in [0.3, 0.4) is 0 Å². The maximum atomic E-state index is 13.2. The third-order valence-corrected chi connectivity index (χ3v) is 7.16. The SMILES string of the molecule is O=C(N[C@H]1CN2CCC1CC2)C(O)(c1ccsc1)C1CCCCC1. The number of nitrogens with one attached hydrogen (secondary N) is 1. The standard InChI is InChI=1S/C19H28N2O2S/c22-18(20-17-12-21-9-6-14(17)7-10-21)19(23,16-8-11-24-13-16)15-4-2-1-3-5-15/h8,11,13-15,17,23H,1-7,9-10,12H2,(H,20,22)/t17-,19?/m0/s1. The number of hydrogen-bond acceptors (Lipinski definition) is 4. The van der Waals surface area contributed by atoms with Crippen LogP contribution >= 0.6 is 11.3 Å². The molecule has 1 aromatic heterocycles. The number of nitrogens with zero attached hydrogens (tertiary/aromatic N) is 1. The number of carbonyl (C=O) groups is 1. The lowest BCUT2D eigenvalue weighted by Gasteiger charge is -2.46. The van der Waals surface area contributed by atoms with Gasteiger partial charge in [-0.2, -0.15) is 11.3 Å². The van der Waals surface area contributed by atoms with Gasteiger partial charge in [0, 0.05) is 24.1 Å². The monoisotopic (exact) mass is 348 g/mol. The average molecular weight is 349 g/mol. The summed E-state index contributed by atoms with van der Waals surface area (Å²) in [6.07, 6.45) is 7.68. The van der Waals surface area contributed by atoms with E-state index in [1.54, 1.807) is 11.3 Å². The second-order valence-corrected chi connectivity index (χ2v) is 8.61. The summed E-state index contributed by atoms with van der Waals surface area (Å²) in [5, 5.41) is 18.7. The van der Waals surface area contributed by atoms with E-state index < -0.39 is 5.60 Å². The van der Waals surface area contributed by atoms with E-state index in [0.717, 1.165) is 50.9 Å². The van der Waals surface area contributed by atoms with E-state index >= 15 is 0 Å². The number of amides is 1. The minimum atomic E-state index is -1.35. The molecule has 1 unspecified atom stereocenters. The first-order valence-electron chi connectivity index (χ1n) is 9.46. The molecule has 4 heterocycles. The van der Waals surface area contributed by atoms with Crippen LogP contribution in [0.15, 0.2) is 16.8 Å². The van der Waals surface area contributed by atoms with Crippen molar-refractivity contribution in [2.24, 2.45) is 11.8 Å². The summed E-state index contributed by atoms with van der Waals surface area (Å²) in [5.74, 6) is 0.463. The maximum absolute atomic E-state index is 13.2. The molecule has 1 saturated carbocycles. The Morgan fingerprint density at radius 2 is 1.96 bits per heavy atom. The van der Waals surface area contributed by atoms with Crippen molar-refractivity contribution in [3.05, 3.63) is 22.4 Å². The van der Waals surface area contributed by atoms with Crippen LogP contribution in [0.4, 0.5) is 0 Å². The number of carbonyl (C=O) groups excluding carboxylic acids is 1. The van der Waals surface area contributed by atoms with Crippen LogP contribution in [0.5, 0.6) is 0 Å². The third-order valence-electron chi connectivity index (χ3n) is 6.48. The molecule has 2 N–H and O–H groups in total.